The number of nitro groups is 1. The van der Waals surface area contributed by atoms with Gasteiger partial charge in [0.1, 0.15) is 5.82 Å². The van der Waals surface area contributed by atoms with Crippen molar-refractivity contribution in [2.24, 2.45) is 5.11 Å². The Kier molecular flexibility index (Phi) is 4.48. The molecule has 0 fully saturated rings. The molecule has 0 amide bonds. The molecule has 0 atom stereocenters. The van der Waals surface area contributed by atoms with Gasteiger partial charge in [0.2, 0.25) is 0 Å². The number of hydrogen-bond donors (Lipinski definition) is 0. The number of nitro benzene ring substituents is 1. The van der Waals surface area contributed by atoms with Crippen molar-refractivity contribution in [3.05, 3.63) is 50.1 Å². The van der Waals surface area contributed by atoms with E-state index in [2.05, 4.69) is 21.9 Å². The number of rotatable bonds is 3. The molecule has 0 saturated heterocycles. The van der Waals surface area contributed by atoms with Gasteiger partial charge in [-0.25, -0.2) is 4.39 Å². The van der Waals surface area contributed by atoms with E-state index in [1.165, 1.54) is 6.07 Å². The first-order chi connectivity index (χ1) is 8.13. The summed E-state index contributed by atoms with van der Waals surface area (Å²) in [7, 11) is 0. The van der Waals surface area contributed by atoms with Gasteiger partial charge in [0.25, 0.3) is 5.69 Å². The van der Waals surface area contributed by atoms with Gasteiger partial charge in [-0.2, -0.15) is 0 Å². The van der Waals surface area contributed by atoms with Crippen LogP contribution in [0.4, 0.5) is 10.1 Å². The summed E-state index contributed by atoms with van der Waals surface area (Å²) >= 11 is 0. The van der Waals surface area contributed by atoms with Gasteiger partial charge in [0.15, 0.2) is 0 Å². The van der Waals surface area contributed by atoms with E-state index in [0.29, 0.717) is 6.42 Å². The summed E-state index contributed by atoms with van der Waals surface area (Å²) in [6, 6.07) is 3.11. The van der Waals surface area contributed by atoms with E-state index < -0.39 is 10.7 Å². The largest absolute Gasteiger partial charge is 0.273 e. The van der Waals surface area contributed by atoms with Gasteiger partial charge in [-0.1, -0.05) is 17.0 Å². The molecular formula is C10H7FN4O2. The predicted molar refractivity (Wildman–Crippen MR) is 58.6 cm³/mol. The smallest absolute Gasteiger partial charge is 0.258 e. The van der Waals surface area contributed by atoms with Crippen LogP contribution in [0.25, 0.3) is 10.4 Å². The number of benzene rings is 1. The Morgan fingerprint density at radius 1 is 1.53 bits per heavy atom. The Morgan fingerprint density at radius 3 is 2.94 bits per heavy atom. The molecule has 0 spiro atoms. The number of non-ortho nitro benzene ring substituents is 1. The molecule has 1 rings (SSSR count). The third kappa shape index (κ3) is 4.20. The fourth-order valence-corrected chi connectivity index (χ4v) is 1.07. The van der Waals surface area contributed by atoms with Gasteiger partial charge in [-0.15, -0.1) is 0 Å². The lowest BCUT2D eigenvalue weighted by molar-refractivity contribution is -0.385. The van der Waals surface area contributed by atoms with Gasteiger partial charge in [-0.3, -0.25) is 10.1 Å². The van der Waals surface area contributed by atoms with E-state index in [-0.39, 0.29) is 17.8 Å². The van der Waals surface area contributed by atoms with Crippen LogP contribution >= 0.6 is 0 Å². The molecule has 86 valence electrons. The average Bonchev–Trinajstić information content (AvgIpc) is 2.28. The van der Waals surface area contributed by atoms with Gasteiger partial charge < -0.3 is 0 Å². The van der Waals surface area contributed by atoms with E-state index in [1.807, 2.05) is 0 Å². The lowest BCUT2D eigenvalue weighted by Crippen LogP contribution is -1.90. The summed E-state index contributed by atoms with van der Waals surface area (Å²) in [6.07, 6.45) is 0.314. The molecule has 0 heterocycles. The second kappa shape index (κ2) is 6.10. The maximum absolute atomic E-state index is 13.0. The van der Waals surface area contributed by atoms with Crippen LogP contribution in [0.1, 0.15) is 12.0 Å². The normalized spacial score (nSPS) is 8.76. The van der Waals surface area contributed by atoms with Crippen LogP contribution in [0.5, 0.6) is 0 Å². The van der Waals surface area contributed by atoms with E-state index in [9.17, 15) is 14.5 Å². The van der Waals surface area contributed by atoms with Crippen molar-refractivity contribution in [2.45, 2.75) is 6.42 Å². The van der Waals surface area contributed by atoms with E-state index in [1.54, 1.807) is 0 Å². The molecule has 0 bridgehead atoms. The summed E-state index contributed by atoms with van der Waals surface area (Å²) in [5.74, 6) is 4.48. The molecule has 6 nitrogen and oxygen atoms in total. The van der Waals surface area contributed by atoms with E-state index in [4.69, 9.17) is 5.53 Å². The molecule has 1 aromatic carbocycles. The Bertz CT molecular complexity index is 541. The first kappa shape index (κ1) is 12.5. The minimum atomic E-state index is -0.710. The van der Waals surface area contributed by atoms with Crippen molar-refractivity contribution in [2.75, 3.05) is 6.54 Å². The summed E-state index contributed by atoms with van der Waals surface area (Å²) in [5, 5.41) is 13.7. The van der Waals surface area contributed by atoms with Crippen LogP contribution < -0.4 is 0 Å². The maximum Gasteiger partial charge on any atom is 0.273 e. The number of halogens is 1. The molecule has 0 aliphatic heterocycles. The highest BCUT2D eigenvalue weighted by Crippen LogP contribution is 2.15. The Hall–Kier alpha value is -2.58. The average molecular weight is 234 g/mol. The lowest BCUT2D eigenvalue weighted by Gasteiger charge is -1.93. The second-order valence-corrected chi connectivity index (χ2v) is 2.96. The minimum Gasteiger partial charge on any atom is -0.258 e. The first-order valence-corrected chi connectivity index (χ1v) is 4.58. The zero-order valence-corrected chi connectivity index (χ0v) is 8.63. The zero-order chi connectivity index (χ0) is 12.7. The van der Waals surface area contributed by atoms with Crippen molar-refractivity contribution < 1.29 is 9.31 Å². The van der Waals surface area contributed by atoms with Gasteiger partial charge in [-0.05, 0) is 11.6 Å². The van der Waals surface area contributed by atoms with Crippen LogP contribution in [0.2, 0.25) is 0 Å². The maximum atomic E-state index is 13.0. The van der Waals surface area contributed by atoms with Crippen LogP contribution in [0.3, 0.4) is 0 Å². The predicted octanol–water partition coefficient (Wildman–Crippen LogP) is 2.79. The first-order valence-electron chi connectivity index (χ1n) is 4.58. The summed E-state index contributed by atoms with van der Waals surface area (Å²) in [6.45, 7) is 0.209. The van der Waals surface area contributed by atoms with Crippen LogP contribution in [-0.2, 0) is 0 Å². The van der Waals surface area contributed by atoms with Crippen molar-refractivity contribution in [3.63, 3.8) is 0 Å². The molecule has 7 heteroatoms. The van der Waals surface area contributed by atoms with Gasteiger partial charge in [0.05, 0.1) is 11.0 Å². The van der Waals surface area contributed by atoms with Crippen molar-refractivity contribution in [1.82, 2.24) is 0 Å². The molecule has 0 saturated carbocycles. The van der Waals surface area contributed by atoms with Gasteiger partial charge >= 0.3 is 0 Å². The van der Waals surface area contributed by atoms with Crippen molar-refractivity contribution >= 4 is 5.69 Å². The highest BCUT2D eigenvalue weighted by Gasteiger charge is 2.08. The number of hydrogen-bond acceptors (Lipinski definition) is 3. The lowest BCUT2D eigenvalue weighted by atomic mass is 10.2. The fourth-order valence-electron chi connectivity index (χ4n) is 1.07. The summed E-state index contributed by atoms with van der Waals surface area (Å²) in [4.78, 5) is 12.3. The van der Waals surface area contributed by atoms with Gasteiger partial charge in [0, 0.05) is 29.5 Å². The van der Waals surface area contributed by atoms with Crippen LogP contribution in [-0.4, -0.2) is 11.5 Å². The van der Waals surface area contributed by atoms with E-state index in [0.717, 1.165) is 12.1 Å². The summed E-state index contributed by atoms with van der Waals surface area (Å²) < 4.78 is 13.0. The Morgan fingerprint density at radius 2 is 2.29 bits per heavy atom. The topological polar surface area (TPSA) is 91.9 Å². The highest BCUT2D eigenvalue weighted by atomic mass is 19.1. The molecule has 17 heavy (non-hydrogen) atoms. The molecule has 0 unspecified atom stereocenters. The minimum absolute atomic E-state index is 0.209. The Labute approximate surface area is 95.8 Å². The van der Waals surface area contributed by atoms with Crippen molar-refractivity contribution in [3.8, 4) is 11.8 Å². The monoisotopic (exact) mass is 234 g/mol. The number of azide groups is 1. The quantitative estimate of drug-likeness (QED) is 0.153. The number of nitrogens with zero attached hydrogens (tertiary/aromatic N) is 4. The zero-order valence-electron chi connectivity index (χ0n) is 8.63. The third-order valence-corrected chi connectivity index (χ3v) is 1.73. The molecule has 0 N–H and O–H groups in total. The molecule has 0 radical (unpaired) electrons. The third-order valence-electron chi connectivity index (χ3n) is 1.73. The molecular weight excluding hydrogens is 227 g/mol. The fraction of sp³-hybridized carbons (Fsp3) is 0.200. The SMILES string of the molecule is [N-]=[N+]=NCCC#Cc1cc(F)cc([N+](=O)[O-])c1. The van der Waals surface area contributed by atoms with E-state index >= 15 is 0 Å². The molecule has 1 aromatic rings. The standard InChI is InChI=1S/C10H7FN4O2/c11-9-5-8(3-1-2-4-13-14-12)6-10(7-9)15(16)17/h5-7H,2,4H2. The molecule has 0 aliphatic rings. The Balaban J connectivity index is 2.83. The van der Waals surface area contributed by atoms with Crippen molar-refractivity contribution in [1.29, 1.82) is 0 Å². The molecule has 0 aliphatic carbocycles. The molecule has 0 aromatic heterocycles. The highest BCUT2D eigenvalue weighted by molar-refractivity contribution is 5.43. The second-order valence-electron chi connectivity index (χ2n) is 2.96. The summed E-state index contributed by atoms with van der Waals surface area (Å²) in [5.41, 5.74) is 7.88. The van der Waals surface area contributed by atoms with Crippen LogP contribution in [0.15, 0.2) is 23.3 Å². The van der Waals surface area contributed by atoms with Crippen LogP contribution in [0, 0.1) is 27.8 Å².